The Kier molecular flexibility index (Phi) is 3.86. The largest absolute Gasteiger partial charge is 0.353 e. The van der Waals surface area contributed by atoms with Crippen LogP contribution in [0.3, 0.4) is 0 Å². The Morgan fingerprint density at radius 1 is 1.05 bits per heavy atom. The molecule has 4 aliphatic rings. The fourth-order valence-electron chi connectivity index (χ4n) is 5.24. The molecule has 4 heteroatoms. The van der Waals surface area contributed by atoms with Crippen molar-refractivity contribution in [1.82, 2.24) is 5.32 Å². The van der Waals surface area contributed by atoms with Gasteiger partial charge in [0.25, 0.3) is 0 Å². The van der Waals surface area contributed by atoms with E-state index in [1.165, 1.54) is 32.1 Å². The van der Waals surface area contributed by atoms with Gasteiger partial charge in [-0.1, -0.05) is 29.3 Å². The Labute approximate surface area is 141 Å². The maximum atomic E-state index is 12.4. The van der Waals surface area contributed by atoms with Gasteiger partial charge in [-0.3, -0.25) is 4.79 Å². The molecule has 4 bridgehead atoms. The standard InChI is InChI=1S/C18H21Cl2NO/c19-15-2-1-12(16(20)9-15)8-17(22)21-18-13-4-10-3-11(6-13)7-14(18)5-10/h1-2,9-11,13-14,18H,3-8H2,(H,21,22). The maximum absolute atomic E-state index is 12.4. The van der Waals surface area contributed by atoms with E-state index in [0.29, 0.717) is 34.3 Å². The Morgan fingerprint density at radius 2 is 1.68 bits per heavy atom. The monoisotopic (exact) mass is 337 g/mol. The molecule has 4 aliphatic carbocycles. The fourth-order valence-corrected chi connectivity index (χ4v) is 5.71. The van der Waals surface area contributed by atoms with Crippen LogP contribution in [-0.2, 0) is 11.2 Å². The van der Waals surface area contributed by atoms with E-state index < -0.39 is 0 Å². The predicted octanol–water partition coefficient (Wildman–Crippen LogP) is 4.48. The molecule has 5 rings (SSSR count). The van der Waals surface area contributed by atoms with Crippen molar-refractivity contribution < 1.29 is 4.79 Å². The summed E-state index contributed by atoms with van der Waals surface area (Å²) >= 11 is 12.1. The minimum atomic E-state index is 0.0988. The molecule has 4 saturated carbocycles. The molecule has 0 aromatic heterocycles. The second-order valence-corrected chi connectivity index (χ2v) is 8.28. The van der Waals surface area contributed by atoms with Gasteiger partial charge >= 0.3 is 0 Å². The highest BCUT2D eigenvalue weighted by Crippen LogP contribution is 2.53. The number of carbonyl (C=O) groups is 1. The van der Waals surface area contributed by atoms with Crippen LogP contribution in [0, 0.1) is 23.7 Å². The third kappa shape index (κ3) is 2.76. The summed E-state index contributed by atoms with van der Waals surface area (Å²) in [5.41, 5.74) is 0.854. The molecule has 2 nitrogen and oxygen atoms in total. The van der Waals surface area contributed by atoms with Crippen LogP contribution in [0.4, 0.5) is 0 Å². The zero-order valence-corrected chi connectivity index (χ0v) is 14.0. The molecule has 4 fully saturated rings. The molecule has 0 spiro atoms. The molecular weight excluding hydrogens is 317 g/mol. The quantitative estimate of drug-likeness (QED) is 0.865. The van der Waals surface area contributed by atoms with Gasteiger partial charge in [-0.2, -0.15) is 0 Å². The van der Waals surface area contributed by atoms with E-state index in [9.17, 15) is 4.79 Å². The van der Waals surface area contributed by atoms with Gasteiger partial charge in [0.2, 0.25) is 5.91 Å². The zero-order chi connectivity index (χ0) is 15.3. The van der Waals surface area contributed by atoms with E-state index in [0.717, 1.165) is 17.4 Å². The molecule has 0 unspecified atom stereocenters. The number of rotatable bonds is 3. The van der Waals surface area contributed by atoms with Gasteiger partial charge in [0.05, 0.1) is 6.42 Å². The molecule has 1 amide bonds. The summed E-state index contributed by atoms with van der Waals surface area (Å²) in [5, 5.41) is 4.51. The number of hydrogen-bond acceptors (Lipinski definition) is 1. The van der Waals surface area contributed by atoms with Gasteiger partial charge < -0.3 is 5.32 Å². The fraction of sp³-hybridized carbons (Fsp3) is 0.611. The minimum Gasteiger partial charge on any atom is -0.353 e. The number of amides is 1. The van der Waals surface area contributed by atoms with Crippen LogP contribution in [0.25, 0.3) is 0 Å². The molecule has 0 saturated heterocycles. The molecule has 1 N–H and O–H groups in total. The first-order valence-corrected chi connectivity index (χ1v) is 9.07. The van der Waals surface area contributed by atoms with Crippen LogP contribution >= 0.6 is 23.2 Å². The summed E-state index contributed by atoms with van der Waals surface area (Å²) in [7, 11) is 0. The van der Waals surface area contributed by atoms with Gasteiger partial charge in [0, 0.05) is 16.1 Å². The molecule has 22 heavy (non-hydrogen) atoms. The predicted molar refractivity (Wildman–Crippen MR) is 89.1 cm³/mol. The van der Waals surface area contributed by atoms with Gasteiger partial charge in [-0.15, -0.1) is 0 Å². The summed E-state index contributed by atoms with van der Waals surface area (Å²) < 4.78 is 0. The normalized spacial score (nSPS) is 35.6. The molecule has 0 aliphatic heterocycles. The Hall–Kier alpha value is -0.730. The Balaban J connectivity index is 1.42. The third-order valence-corrected chi connectivity index (χ3v) is 6.51. The summed E-state index contributed by atoms with van der Waals surface area (Å²) in [5.74, 6) is 3.38. The van der Waals surface area contributed by atoms with Crippen molar-refractivity contribution in [2.75, 3.05) is 0 Å². The highest BCUT2D eigenvalue weighted by molar-refractivity contribution is 6.35. The van der Waals surface area contributed by atoms with Crippen molar-refractivity contribution >= 4 is 29.1 Å². The van der Waals surface area contributed by atoms with E-state index in [4.69, 9.17) is 23.2 Å². The first kappa shape index (κ1) is 14.8. The van der Waals surface area contributed by atoms with E-state index in [1.54, 1.807) is 12.1 Å². The first-order chi connectivity index (χ1) is 10.6. The lowest BCUT2D eigenvalue weighted by atomic mass is 9.54. The molecule has 0 atom stereocenters. The summed E-state index contributed by atoms with van der Waals surface area (Å²) in [6.45, 7) is 0. The highest BCUT2D eigenvalue weighted by atomic mass is 35.5. The molecule has 0 radical (unpaired) electrons. The number of carbonyl (C=O) groups excluding carboxylic acids is 1. The van der Waals surface area contributed by atoms with Crippen molar-refractivity contribution in [2.24, 2.45) is 23.7 Å². The van der Waals surface area contributed by atoms with Crippen molar-refractivity contribution in [3.8, 4) is 0 Å². The summed E-state index contributed by atoms with van der Waals surface area (Å²) in [6.07, 6.45) is 7.06. The van der Waals surface area contributed by atoms with E-state index in [-0.39, 0.29) is 5.91 Å². The lowest BCUT2D eigenvalue weighted by molar-refractivity contribution is -0.124. The van der Waals surface area contributed by atoms with Crippen LogP contribution in [0.2, 0.25) is 10.0 Å². The van der Waals surface area contributed by atoms with Crippen molar-refractivity contribution in [2.45, 2.75) is 44.6 Å². The summed E-state index contributed by atoms with van der Waals surface area (Å²) in [4.78, 5) is 12.4. The SMILES string of the molecule is O=C(Cc1ccc(Cl)cc1Cl)NC1C2CC3CC(C2)CC1C3. The highest BCUT2D eigenvalue weighted by Gasteiger charge is 2.48. The van der Waals surface area contributed by atoms with E-state index >= 15 is 0 Å². The van der Waals surface area contributed by atoms with Crippen LogP contribution in [0.15, 0.2) is 18.2 Å². The van der Waals surface area contributed by atoms with Gasteiger partial charge in [0.1, 0.15) is 0 Å². The first-order valence-electron chi connectivity index (χ1n) is 8.32. The third-order valence-electron chi connectivity index (χ3n) is 5.92. The van der Waals surface area contributed by atoms with Crippen molar-refractivity contribution in [3.05, 3.63) is 33.8 Å². The van der Waals surface area contributed by atoms with Crippen molar-refractivity contribution in [1.29, 1.82) is 0 Å². The number of nitrogens with one attached hydrogen (secondary N) is 1. The number of halogens is 2. The maximum Gasteiger partial charge on any atom is 0.224 e. The average Bonchev–Trinajstić information content (AvgIpc) is 2.45. The van der Waals surface area contributed by atoms with Gasteiger partial charge in [-0.25, -0.2) is 0 Å². The topological polar surface area (TPSA) is 29.1 Å². The lowest BCUT2D eigenvalue weighted by Gasteiger charge is -2.54. The van der Waals surface area contributed by atoms with Crippen molar-refractivity contribution in [3.63, 3.8) is 0 Å². The average molecular weight is 338 g/mol. The van der Waals surface area contributed by atoms with Crippen LogP contribution < -0.4 is 5.32 Å². The number of benzene rings is 1. The molecule has 1 aromatic carbocycles. The van der Waals surface area contributed by atoms with Crippen LogP contribution in [0.5, 0.6) is 0 Å². The molecular formula is C18H21Cl2NO. The van der Waals surface area contributed by atoms with Crippen LogP contribution in [-0.4, -0.2) is 11.9 Å². The zero-order valence-electron chi connectivity index (χ0n) is 12.5. The Morgan fingerprint density at radius 3 is 2.27 bits per heavy atom. The minimum absolute atomic E-state index is 0.0988. The van der Waals surface area contributed by atoms with E-state index in [1.807, 2.05) is 6.07 Å². The second kappa shape index (κ2) is 5.72. The molecule has 1 aromatic rings. The number of hydrogen-bond donors (Lipinski definition) is 1. The summed E-state index contributed by atoms with van der Waals surface area (Å²) in [6, 6.07) is 5.74. The molecule has 118 valence electrons. The van der Waals surface area contributed by atoms with Gasteiger partial charge in [0.15, 0.2) is 0 Å². The molecule has 0 heterocycles. The van der Waals surface area contributed by atoms with Gasteiger partial charge in [-0.05, 0) is 73.5 Å². The lowest BCUT2D eigenvalue weighted by Crippen LogP contribution is -2.56. The van der Waals surface area contributed by atoms with E-state index in [2.05, 4.69) is 5.32 Å². The van der Waals surface area contributed by atoms with Crippen LogP contribution in [0.1, 0.15) is 37.7 Å². The smallest absolute Gasteiger partial charge is 0.224 e. The second-order valence-electron chi connectivity index (χ2n) is 7.44. The Bertz CT molecular complexity index is 573.